The topological polar surface area (TPSA) is 3.24 Å². The minimum atomic E-state index is 0. The summed E-state index contributed by atoms with van der Waals surface area (Å²) in [6.45, 7) is 2.51. The van der Waals surface area contributed by atoms with Crippen LogP contribution in [0.5, 0.6) is 0 Å². The third kappa shape index (κ3) is 4.80. The van der Waals surface area contributed by atoms with Gasteiger partial charge in [0, 0.05) is 13.1 Å². The molecule has 0 spiro atoms. The van der Waals surface area contributed by atoms with Crippen molar-refractivity contribution in [3.63, 3.8) is 0 Å². The van der Waals surface area contributed by atoms with Crippen molar-refractivity contribution in [1.82, 2.24) is 0 Å². The Bertz CT molecular complexity index is 327. The Morgan fingerprint density at radius 1 is 0.824 bits per heavy atom. The molecule has 2 heteroatoms. The molecule has 1 aliphatic rings. The van der Waals surface area contributed by atoms with Gasteiger partial charge >= 0.3 is 17.1 Å². The first-order valence-electron chi connectivity index (χ1n) is 6.10. The summed E-state index contributed by atoms with van der Waals surface area (Å²) in [4.78, 5) is 2.48. The first kappa shape index (κ1) is 14.1. The van der Waals surface area contributed by atoms with Gasteiger partial charge in [-0.1, -0.05) is 12.1 Å². The van der Waals surface area contributed by atoms with Gasteiger partial charge in [-0.2, -0.15) is 30.3 Å². The number of nitrogens with zero attached hydrogens (tertiary/aromatic N) is 1. The molecule has 17 heavy (non-hydrogen) atoms. The summed E-state index contributed by atoms with van der Waals surface area (Å²) in [6.07, 6.45) is 4.15. The standard InChI is InChI=1S/C10H14N.C5H5.Fe/c1-4-8-11(9-5-1)10-6-2-3-7-10;1-2-4-5-3-1;/h2-3,6-7H,1,4-5,8-9H2;1-5H;/q2*-1;+2. The van der Waals surface area contributed by atoms with Crippen LogP contribution in [0.15, 0.2) is 54.6 Å². The number of piperidine rings is 1. The summed E-state index contributed by atoms with van der Waals surface area (Å²) in [7, 11) is 0. The van der Waals surface area contributed by atoms with Crippen LogP contribution in [0.3, 0.4) is 0 Å². The molecule has 1 saturated heterocycles. The molecular formula is C15H19FeN. The van der Waals surface area contributed by atoms with Gasteiger partial charge in [-0.05, 0) is 12.8 Å². The predicted octanol–water partition coefficient (Wildman–Crippen LogP) is 3.80. The minimum absolute atomic E-state index is 0. The third-order valence-corrected chi connectivity index (χ3v) is 2.92. The molecule has 0 N–H and O–H groups in total. The van der Waals surface area contributed by atoms with E-state index in [0.29, 0.717) is 0 Å². The number of hydrogen-bond acceptors (Lipinski definition) is 1. The maximum atomic E-state index is 2.48. The van der Waals surface area contributed by atoms with Crippen molar-refractivity contribution in [2.75, 3.05) is 18.0 Å². The monoisotopic (exact) mass is 269 g/mol. The van der Waals surface area contributed by atoms with Crippen molar-refractivity contribution in [3.05, 3.63) is 54.6 Å². The molecule has 3 rings (SSSR count). The van der Waals surface area contributed by atoms with E-state index < -0.39 is 0 Å². The zero-order valence-corrected chi connectivity index (χ0v) is 11.1. The Morgan fingerprint density at radius 2 is 1.41 bits per heavy atom. The predicted molar refractivity (Wildman–Crippen MR) is 70.1 cm³/mol. The van der Waals surface area contributed by atoms with Crippen LogP contribution in [-0.2, 0) is 17.1 Å². The molecule has 0 aliphatic carbocycles. The zero-order valence-electron chi connectivity index (χ0n) is 10.0. The van der Waals surface area contributed by atoms with Crippen LogP contribution in [0.2, 0.25) is 0 Å². The second kappa shape index (κ2) is 8.16. The minimum Gasteiger partial charge on any atom is -0.424 e. The average Bonchev–Trinajstić information content (AvgIpc) is 3.07. The van der Waals surface area contributed by atoms with Crippen molar-refractivity contribution >= 4 is 5.69 Å². The first-order valence-corrected chi connectivity index (χ1v) is 6.10. The summed E-state index contributed by atoms with van der Waals surface area (Å²) >= 11 is 0. The SMILES string of the molecule is [Fe+2].c1cc[c-](N2CCCCC2)c1.c1cc[cH-]c1. The van der Waals surface area contributed by atoms with E-state index in [1.54, 1.807) is 0 Å². The number of rotatable bonds is 1. The van der Waals surface area contributed by atoms with Crippen LogP contribution >= 0.6 is 0 Å². The van der Waals surface area contributed by atoms with E-state index in [2.05, 4.69) is 29.2 Å². The Hall–Kier alpha value is -0.981. The van der Waals surface area contributed by atoms with Gasteiger partial charge in [-0.3, -0.25) is 0 Å². The molecule has 1 nitrogen and oxygen atoms in total. The molecule has 2 aromatic carbocycles. The molecule has 0 atom stereocenters. The van der Waals surface area contributed by atoms with Gasteiger partial charge in [0.05, 0.1) is 0 Å². The van der Waals surface area contributed by atoms with E-state index in [4.69, 9.17) is 0 Å². The van der Waals surface area contributed by atoms with Crippen molar-refractivity contribution in [2.24, 2.45) is 0 Å². The summed E-state index contributed by atoms with van der Waals surface area (Å²) in [6, 6.07) is 18.6. The van der Waals surface area contributed by atoms with Crippen LogP contribution in [0.25, 0.3) is 0 Å². The molecule has 1 heterocycles. The molecule has 92 valence electrons. The molecule has 0 amide bonds. The fraction of sp³-hybridized carbons (Fsp3) is 0.333. The Morgan fingerprint density at radius 3 is 1.88 bits per heavy atom. The van der Waals surface area contributed by atoms with E-state index in [1.165, 1.54) is 38.0 Å². The molecule has 2 aromatic rings. The fourth-order valence-corrected chi connectivity index (χ4v) is 2.05. The van der Waals surface area contributed by atoms with Gasteiger partial charge in [-0.15, -0.1) is 0 Å². The van der Waals surface area contributed by atoms with Crippen LogP contribution < -0.4 is 4.90 Å². The van der Waals surface area contributed by atoms with Gasteiger partial charge < -0.3 is 4.90 Å². The van der Waals surface area contributed by atoms with E-state index in [-0.39, 0.29) is 17.1 Å². The second-order valence-corrected chi connectivity index (χ2v) is 4.15. The van der Waals surface area contributed by atoms with Crippen LogP contribution in [-0.4, -0.2) is 13.1 Å². The summed E-state index contributed by atoms with van der Waals surface area (Å²) in [5.41, 5.74) is 1.41. The second-order valence-electron chi connectivity index (χ2n) is 4.15. The summed E-state index contributed by atoms with van der Waals surface area (Å²) < 4.78 is 0. The van der Waals surface area contributed by atoms with Crippen LogP contribution in [0.1, 0.15) is 19.3 Å². The van der Waals surface area contributed by atoms with Gasteiger partial charge in [0.25, 0.3) is 0 Å². The Balaban J connectivity index is 0.000000205. The average molecular weight is 269 g/mol. The van der Waals surface area contributed by atoms with Crippen molar-refractivity contribution in [3.8, 4) is 0 Å². The molecule has 1 fully saturated rings. The maximum Gasteiger partial charge on any atom is 2.00 e. The molecule has 0 saturated carbocycles. The zero-order chi connectivity index (χ0) is 11.1. The summed E-state index contributed by atoms with van der Waals surface area (Å²) in [5, 5.41) is 0. The van der Waals surface area contributed by atoms with E-state index in [9.17, 15) is 0 Å². The largest absolute Gasteiger partial charge is 2.00 e. The summed E-state index contributed by atoms with van der Waals surface area (Å²) in [5.74, 6) is 0. The van der Waals surface area contributed by atoms with Gasteiger partial charge in [0.1, 0.15) is 0 Å². The molecule has 0 bridgehead atoms. The quantitative estimate of drug-likeness (QED) is 0.562. The van der Waals surface area contributed by atoms with Crippen molar-refractivity contribution in [1.29, 1.82) is 0 Å². The normalized spacial score (nSPS) is 14.5. The van der Waals surface area contributed by atoms with Crippen LogP contribution in [0.4, 0.5) is 5.69 Å². The van der Waals surface area contributed by atoms with Crippen LogP contribution in [0, 0.1) is 0 Å². The van der Waals surface area contributed by atoms with E-state index >= 15 is 0 Å². The fourth-order valence-electron chi connectivity index (χ4n) is 2.05. The Kier molecular flexibility index (Phi) is 6.76. The molecule has 0 radical (unpaired) electrons. The molecule has 0 aromatic heterocycles. The van der Waals surface area contributed by atoms with E-state index in [1.807, 2.05) is 30.3 Å². The van der Waals surface area contributed by atoms with Gasteiger partial charge in [-0.25, -0.2) is 24.3 Å². The molecule has 0 unspecified atom stereocenters. The van der Waals surface area contributed by atoms with Crippen molar-refractivity contribution in [2.45, 2.75) is 19.3 Å². The third-order valence-electron chi connectivity index (χ3n) is 2.92. The van der Waals surface area contributed by atoms with E-state index in [0.717, 1.165) is 0 Å². The van der Waals surface area contributed by atoms with Crippen molar-refractivity contribution < 1.29 is 17.1 Å². The smallest absolute Gasteiger partial charge is 0.424 e. The van der Waals surface area contributed by atoms with Gasteiger partial charge in [0.2, 0.25) is 0 Å². The maximum absolute atomic E-state index is 2.48. The van der Waals surface area contributed by atoms with Gasteiger partial charge in [0.15, 0.2) is 0 Å². The Labute approximate surface area is 115 Å². The molecule has 1 aliphatic heterocycles. The molecular weight excluding hydrogens is 250 g/mol. The number of hydrogen-bond donors (Lipinski definition) is 0. The first-order chi connectivity index (χ1) is 7.97. The number of anilines is 1.